The van der Waals surface area contributed by atoms with Crippen LogP contribution in [-0.4, -0.2) is 32.2 Å². The third-order valence-electron chi connectivity index (χ3n) is 2.24. The van der Waals surface area contributed by atoms with Gasteiger partial charge in [-0.2, -0.15) is 5.26 Å². The first-order valence-corrected chi connectivity index (χ1v) is 5.31. The van der Waals surface area contributed by atoms with Crippen molar-refractivity contribution in [3.63, 3.8) is 0 Å². The minimum atomic E-state index is -0.109. The quantitative estimate of drug-likeness (QED) is 0.703. The Hall–Kier alpha value is -1.70. The zero-order valence-electron chi connectivity index (χ0n) is 9.97. The molecule has 1 rings (SSSR count). The number of methoxy groups -OCH3 is 1. The summed E-state index contributed by atoms with van der Waals surface area (Å²) in [5.74, 6) is -0.0996. The molecule has 1 atom stereocenters. The largest absolute Gasteiger partial charge is 0.382 e. The maximum atomic E-state index is 11.7. The normalized spacial score (nSPS) is 11.8. The Morgan fingerprint density at radius 3 is 2.59 bits per heavy atom. The van der Waals surface area contributed by atoms with Crippen LogP contribution in [0.3, 0.4) is 0 Å². The minimum absolute atomic E-state index is 0.0242. The molecular formula is C13H15NO3. The van der Waals surface area contributed by atoms with E-state index in [1.54, 1.807) is 31.4 Å². The van der Waals surface area contributed by atoms with Gasteiger partial charge in [-0.3, -0.25) is 4.79 Å². The summed E-state index contributed by atoms with van der Waals surface area (Å²) in [5.41, 5.74) is 1.09. The van der Waals surface area contributed by atoms with Gasteiger partial charge in [-0.1, -0.05) is 12.1 Å². The summed E-state index contributed by atoms with van der Waals surface area (Å²) in [4.78, 5) is 11.7. The molecule has 0 aromatic heterocycles. The summed E-state index contributed by atoms with van der Waals surface area (Å²) in [6, 6.07) is 8.50. The van der Waals surface area contributed by atoms with Crippen molar-refractivity contribution >= 4 is 5.78 Å². The number of carbonyl (C=O) groups is 1. The van der Waals surface area contributed by atoms with Crippen molar-refractivity contribution in [3.05, 3.63) is 35.4 Å². The third-order valence-corrected chi connectivity index (χ3v) is 2.24. The molecule has 4 nitrogen and oxygen atoms in total. The van der Waals surface area contributed by atoms with E-state index < -0.39 is 0 Å². The standard InChI is InChI=1S/C13H15NO3/c1-10(8-16-2)17-9-13(15)12-5-3-11(7-14)4-6-12/h3-6,10H,8-9H2,1-2H3. The van der Waals surface area contributed by atoms with E-state index in [4.69, 9.17) is 14.7 Å². The maximum Gasteiger partial charge on any atom is 0.188 e. The Kier molecular flexibility index (Phi) is 5.34. The second-order valence-corrected chi connectivity index (χ2v) is 3.69. The van der Waals surface area contributed by atoms with Gasteiger partial charge in [0.25, 0.3) is 0 Å². The number of hydrogen-bond acceptors (Lipinski definition) is 4. The molecule has 1 aromatic carbocycles. The fraction of sp³-hybridized carbons (Fsp3) is 0.385. The maximum absolute atomic E-state index is 11.7. The summed E-state index contributed by atoms with van der Waals surface area (Å²) < 4.78 is 10.2. The number of Topliss-reactive ketones (excluding diaryl/α,β-unsaturated/α-hetero) is 1. The van der Waals surface area contributed by atoms with E-state index in [1.807, 2.05) is 13.0 Å². The first kappa shape index (κ1) is 13.4. The summed E-state index contributed by atoms with van der Waals surface area (Å²) in [6.45, 7) is 2.33. The molecule has 0 aliphatic heterocycles. The Bertz CT molecular complexity index is 406. The van der Waals surface area contributed by atoms with Crippen LogP contribution in [0.15, 0.2) is 24.3 Å². The molecule has 0 radical (unpaired) electrons. The van der Waals surface area contributed by atoms with E-state index in [1.165, 1.54) is 0 Å². The molecule has 0 bridgehead atoms. The molecule has 0 aliphatic rings. The number of ketones is 1. The predicted octanol–water partition coefficient (Wildman–Crippen LogP) is 1.79. The number of ether oxygens (including phenoxy) is 2. The highest BCUT2D eigenvalue weighted by Gasteiger charge is 2.08. The molecule has 0 aliphatic carbocycles. The highest BCUT2D eigenvalue weighted by molar-refractivity contribution is 5.97. The number of rotatable bonds is 6. The molecule has 0 spiro atoms. The van der Waals surface area contributed by atoms with E-state index in [9.17, 15) is 4.79 Å². The first-order chi connectivity index (χ1) is 8.17. The zero-order valence-corrected chi connectivity index (χ0v) is 9.97. The zero-order chi connectivity index (χ0) is 12.7. The van der Waals surface area contributed by atoms with Crippen molar-refractivity contribution in [2.24, 2.45) is 0 Å². The van der Waals surface area contributed by atoms with E-state index in [-0.39, 0.29) is 18.5 Å². The van der Waals surface area contributed by atoms with E-state index in [2.05, 4.69) is 0 Å². The molecule has 0 amide bonds. The second-order valence-electron chi connectivity index (χ2n) is 3.69. The lowest BCUT2D eigenvalue weighted by atomic mass is 10.1. The molecule has 1 unspecified atom stereocenters. The van der Waals surface area contributed by atoms with Crippen molar-refractivity contribution in [1.82, 2.24) is 0 Å². The number of carbonyl (C=O) groups excluding carboxylic acids is 1. The van der Waals surface area contributed by atoms with Crippen molar-refractivity contribution in [2.75, 3.05) is 20.3 Å². The van der Waals surface area contributed by atoms with Crippen LogP contribution in [0.4, 0.5) is 0 Å². The van der Waals surface area contributed by atoms with Crippen molar-refractivity contribution in [1.29, 1.82) is 5.26 Å². The average Bonchev–Trinajstić information content (AvgIpc) is 2.36. The Morgan fingerprint density at radius 2 is 2.06 bits per heavy atom. The van der Waals surface area contributed by atoms with Gasteiger partial charge in [-0.05, 0) is 19.1 Å². The Labute approximate surface area is 101 Å². The molecule has 0 fully saturated rings. The van der Waals surface area contributed by atoms with Crippen LogP contribution in [-0.2, 0) is 9.47 Å². The Morgan fingerprint density at radius 1 is 1.41 bits per heavy atom. The fourth-order valence-corrected chi connectivity index (χ4v) is 1.31. The number of hydrogen-bond donors (Lipinski definition) is 0. The lowest BCUT2D eigenvalue weighted by molar-refractivity contribution is 0.0125. The van der Waals surface area contributed by atoms with Crippen LogP contribution in [0.1, 0.15) is 22.8 Å². The van der Waals surface area contributed by atoms with Gasteiger partial charge in [0.15, 0.2) is 5.78 Å². The second kappa shape index (κ2) is 6.79. The van der Waals surface area contributed by atoms with Crippen LogP contribution in [0.25, 0.3) is 0 Å². The fourth-order valence-electron chi connectivity index (χ4n) is 1.31. The van der Waals surface area contributed by atoms with E-state index in [0.717, 1.165) is 0 Å². The van der Waals surface area contributed by atoms with Gasteiger partial charge in [0, 0.05) is 12.7 Å². The highest BCUT2D eigenvalue weighted by atomic mass is 16.5. The molecule has 0 saturated heterocycles. The first-order valence-electron chi connectivity index (χ1n) is 5.31. The van der Waals surface area contributed by atoms with Crippen LogP contribution >= 0.6 is 0 Å². The average molecular weight is 233 g/mol. The van der Waals surface area contributed by atoms with Gasteiger partial charge in [-0.15, -0.1) is 0 Å². The number of nitrogens with zero attached hydrogens (tertiary/aromatic N) is 1. The smallest absolute Gasteiger partial charge is 0.188 e. The molecule has 0 heterocycles. The van der Waals surface area contributed by atoms with Crippen LogP contribution in [0.5, 0.6) is 0 Å². The van der Waals surface area contributed by atoms with E-state index in [0.29, 0.717) is 17.7 Å². The molecule has 0 N–H and O–H groups in total. The van der Waals surface area contributed by atoms with Gasteiger partial charge in [0.1, 0.15) is 6.61 Å². The van der Waals surface area contributed by atoms with Crippen LogP contribution in [0, 0.1) is 11.3 Å². The van der Waals surface area contributed by atoms with Crippen molar-refractivity contribution in [2.45, 2.75) is 13.0 Å². The molecular weight excluding hydrogens is 218 g/mol. The van der Waals surface area contributed by atoms with Crippen molar-refractivity contribution < 1.29 is 14.3 Å². The third kappa shape index (κ3) is 4.35. The summed E-state index contributed by atoms with van der Waals surface area (Å²) in [7, 11) is 1.59. The monoisotopic (exact) mass is 233 g/mol. The number of nitriles is 1. The topological polar surface area (TPSA) is 59.3 Å². The van der Waals surface area contributed by atoms with E-state index >= 15 is 0 Å². The molecule has 17 heavy (non-hydrogen) atoms. The lowest BCUT2D eigenvalue weighted by Crippen LogP contribution is -2.19. The predicted molar refractivity (Wildman–Crippen MR) is 62.8 cm³/mol. The molecule has 90 valence electrons. The molecule has 4 heteroatoms. The minimum Gasteiger partial charge on any atom is -0.382 e. The van der Waals surface area contributed by atoms with Gasteiger partial charge in [0.2, 0.25) is 0 Å². The summed E-state index contributed by atoms with van der Waals surface area (Å²) in [5, 5.41) is 8.63. The number of benzene rings is 1. The van der Waals surface area contributed by atoms with Crippen molar-refractivity contribution in [3.8, 4) is 6.07 Å². The van der Waals surface area contributed by atoms with Crippen LogP contribution < -0.4 is 0 Å². The summed E-state index contributed by atoms with van der Waals surface area (Å²) in [6.07, 6.45) is -0.109. The molecule has 0 saturated carbocycles. The summed E-state index contributed by atoms with van der Waals surface area (Å²) >= 11 is 0. The highest BCUT2D eigenvalue weighted by Crippen LogP contribution is 2.05. The molecule has 1 aromatic rings. The van der Waals surface area contributed by atoms with Gasteiger partial charge in [0.05, 0.1) is 24.3 Å². The van der Waals surface area contributed by atoms with Gasteiger partial charge in [-0.25, -0.2) is 0 Å². The Balaban J connectivity index is 2.50. The van der Waals surface area contributed by atoms with Crippen LogP contribution in [0.2, 0.25) is 0 Å². The van der Waals surface area contributed by atoms with Gasteiger partial charge >= 0.3 is 0 Å². The lowest BCUT2D eigenvalue weighted by Gasteiger charge is -2.10. The SMILES string of the molecule is COCC(C)OCC(=O)c1ccc(C#N)cc1. The van der Waals surface area contributed by atoms with Gasteiger partial charge < -0.3 is 9.47 Å².